The number of aryl methyl sites for hydroxylation is 1. The van der Waals surface area contributed by atoms with Gasteiger partial charge in [0.2, 0.25) is 0 Å². The maximum Gasteiger partial charge on any atom is 0.417 e. The van der Waals surface area contributed by atoms with Crippen molar-refractivity contribution in [3.8, 4) is 11.1 Å². The van der Waals surface area contributed by atoms with Gasteiger partial charge in [-0.3, -0.25) is 4.79 Å². The van der Waals surface area contributed by atoms with Gasteiger partial charge in [0.15, 0.2) is 0 Å². The van der Waals surface area contributed by atoms with Crippen molar-refractivity contribution in [3.05, 3.63) is 59.2 Å². The van der Waals surface area contributed by atoms with E-state index in [9.17, 15) is 18.0 Å². The van der Waals surface area contributed by atoms with Gasteiger partial charge in [0, 0.05) is 0 Å². The topological polar surface area (TPSA) is 37.3 Å². The molecule has 0 amide bonds. The van der Waals surface area contributed by atoms with Crippen molar-refractivity contribution in [1.29, 1.82) is 0 Å². The molecule has 0 fully saturated rings. The van der Waals surface area contributed by atoms with Crippen LogP contribution in [0.25, 0.3) is 11.1 Å². The molecule has 0 atom stereocenters. The van der Waals surface area contributed by atoms with Crippen LogP contribution in [0.4, 0.5) is 13.2 Å². The Bertz CT molecular complexity index is 675. The van der Waals surface area contributed by atoms with E-state index >= 15 is 0 Å². The number of hydrogen-bond donors (Lipinski definition) is 1. The van der Waals surface area contributed by atoms with Crippen LogP contribution in [0, 0.1) is 6.92 Å². The number of alkyl halides is 3. The summed E-state index contributed by atoms with van der Waals surface area (Å²) in [5, 5.41) is 8.91. The lowest BCUT2D eigenvalue weighted by Gasteiger charge is -2.16. The first-order chi connectivity index (χ1) is 9.79. The smallest absolute Gasteiger partial charge is 0.417 e. The molecule has 2 nitrogen and oxygen atoms in total. The molecular weight excluding hydrogens is 281 g/mol. The lowest BCUT2D eigenvalue weighted by Crippen LogP contribution is -2.09. The molecule has 5 heteroatoms. The second-order valence-electron chi connectivity index (χ2n) is 4.77. The van der Waals surface area contributed by atoms with Gasteiger partial charge in [-0.25, -0.2) is 0 Å². The number of benzene rings is 2. The minimum absolute atomic E-state index is 0.00458. The highest BCUT2D eigenvalue weighted by Gasteiger charge is 2.33. The van der Waals surface area contributed by atoms with Gasteiger partial charge in [0.05, 0.1) is 12.0 Å². The van der Waals surface area contributed by atoms with E-state index in [2.05, 4.69) is 0 Å². The van der Waals surface area contributed by atoms with Gasteiger partial charge in [-0.05, 0) is 29.7 Å². The third-order valence-electron chi connectivity index (χ3n) is 3.13. The fraction of sp³-hybridized carbons (Fsp3) is 0.188. The van der Waals surface area contributed by atoms with Gasteiger partial charge in [-0.15, -0.1) is 0 Å². The Balaban J connectivity index is 2.67. The minimum atomic E-state index is -4.49. The zero-order chi connectivity index (χ0) is 15.6. The zero-order valence-electron chi connectivity index (χ0n) is 11.2. The molecule has 0 unspecified atom stereocenters. The highest BCUT2D eigenvalue weighted by Crippen LogP contribution is 2.38. The quantitative estimate of drug-likeness (QED) is 0.916. The predicted octanol–water partition coefficient (Wildman–Crippen LogP) is 4.31. The van der Waals surface area contributed by atoms with E-state index in [0.717, 1.165) is 11.6 Å². The van der Waals surface area contributed by atoms with E-state index in [4.69, 9.17) is 5.11 Å². The fourth-order valence-corrected chi connectivity index (χ4v) is 2.22. The second-order valence-corrected chi connectivity index (χ2v) is 4.77. The van der Waals surface area contributed by atoms with Crippen molar-refractivity contribution in [2.45, 2.75) is 19.5 Å². The van der Waals surface area contributed by atoms with Gasteiger partial charge in [0.1, 0.15) is 0 Å². The maximum absolute atomic E-state index is 13.1. The summed E-state index contributed by atoms with van der Waals surface area (Å²) < 4.78 is 39.3. The van der Waals surface area contributed by atoms with Crippen molar-refractivity contribution in [2.24, 2.45) is 0 Å². The summed E-state index contributed by atoms with van der Waals surface area (Å²) in [5.74, 6) is -1.08. The molecule has 0 saturated heterocycles. The maximum atomic E-state index is 13.1. The number of aliphatic carboxylic acids is 1. The van der Waals surface area contributed by atoms with Crippen LogP contribution in [0.2, 0.25) is 0 Å². The molecular formula is C16H13F3O2. The average Bonchev–Trinajstić information content (AvgIpc) is 2.39. The summed E-state index contributed by atoms with van der Waals surface area (Å²) in [6.07, 6.45) is -4.80. The summed E-state index contributed by atoms with van der Waals surface area (Å²) >= 11 is 0. The standard InChI is InChI=1S/C16H13F3O2/c1-10-6-7-11(9-15(20)21)13(8-10)12-4-2-3-5-14(12)16(17,18)19/h2-8H,9H2,1H3,(H,20,21). The van der Waals surface area contributed by atoms with Crippen LogP contribution in [0.15, 0.2) is 42.5 Å². The van der Waals surface area contributed by atoms with Gasteiger partial charge in [0.25, 0.3) is 0 Å². The Morgan fingerprint density at radius 1 is 1.10 bits per heavy atom. The number of halogens is 3. The van der Waals surface area contributed by atoms with E-state index < -0.39 is 17.7 Å². The molecule has 0 heterocycles. The van der Waals surface area contributed by atoms with Crippen LogP contribution in [-0.2, 0) is 17.4 Å². The van der Waals surface area contributed by atoms with E-state index in [1.54, 1.807) is 25.1 Å². The molecule has 21 heavy (non-hydrogen) atoms. The summed E-state index contributed by atoms with van der Waals surface area (Å²) in [7, 11) is 0. The Morgan fingerprint density at radius 2 is 1.76 bits per heavy atom. The summed E-state index contributed by atoms with van der Waals surface area (Å²) in [6.45, 7) is 1.75. The van der Waals surface area contributed by atoms with Crippen LogP contribution < -0.4 is 0 Å². The normalized spacial score (nSPS) is 11.4. The van der Waals surface area contributed by atoms with Gasteiger partial charge in [-0.1, -0.05) is 42.0 Å². The number of carbonyl (C=O) groups is 1. The lowest BCUT2D eigenvalue weighted by molar-refractivity contribution is -0.137. The third-order valence-corrected chi connectivity index (χ3v) is 3.13. The van der Waals surface area contributed by atoms with E-state index in [1.807, 2.05) is 0 Å². The van der Waals surface area contributed by atoms with Crippen LogP contribution in [0.3, 0.4) is 0 Å². The number of rotatable bonds is 3. The second kappa shape index (κ2) is 5.60. The molecule has 0 bridgehead atoms. The van der Waals surface area contributed by atoms with Gasteiger partial charge in [-0.2, -0.15) is 13.2 Å². The van der Waals surface area contributed by atoms with Gasteiger partial charge >= 0.3 is 12.1 Å². The van der Waals surface area contributed by atoms with Gasteiger partial charge < -0.3 is 5.11 Å². The first kappa shape index (κ1) is 15.1. The summed E-state index contributed by atoms with van der Waals surface area (Å²) in [6, 6.07) is 10.0. The van der Waals surface area contributed by atoms with Crippen molar-refractivity contribution < 1.29 is 23.1 Å². The van der Waals surface area contributed by atoms with Crippen molar-refractivity contribution in [1.82, 2.24) is 0 Å². The van der Waals surface area contributed by atoms with E-state index in [1.165, 1.54) is 18.2 Å². The third kappa shape index (κ3) is 3.42. The molecule has 2 aromatic rings. The molecule has 0 spiro atoms. The van der Waals surface area contributed by atoms with Crippen LogP contribution in [0.1, 0.15) is 16.7 Å². The molecule has 0 aliphatic rings. The molecule has 2 rings (SSSR count). The number of hydrogen-bond acceptors (Lipinski definition) is 1. The minimum Gasteiger partial charge on any atom is -0.481 e. The van der Waals surface area contributed by atoms with Crippen molar-refractivity contribution in [3.63, 3.8) is 0 Å². The molecule has 1 N–H and O–H groups in total. The average molecular weight is 294 g/mol. The molecule has 110 valence electrons. The molecule has 2 aromatic carbocycles. The van der Waals surface area contributed by atoms with Crippen LogP contribution in [0.5, 0.6) is 0 Å². The Kier molecular flexibility index (Phi) is 4.02. The molecule has 0 radical (unpaired) electrons. The Hall–Kier alpha value is -2.30. The molecule has 0 aromatic heterocycles. The highest BCUT2D eigenvalue weighted by atomic mass is 19.4. The monoisotopic (exact) mass is 294 g/mol. The predicted molar refractivity (Wildman–Crippen MR) is 73.0 cm³/mol. The Morgan fingerprint density at radius 3 is 2.38 bits per heavy atom. The van der Waals surface area contributed by atoms with E-state index in [-0.39, 0.29) is 12.0 Å². The first-order valence-electron chi connectivity index (χ1n) is 6.27. The Labute approximate surface area is 119 Å². The SMILES string of the molecule is Cc1ccc(CC(=O)O)c(-c2ccccc2C(F)(F)F)c1. The van der Waals surface area contributed by atoms with Crippen molar-refractivity contribution in [2.75, 3.05) is 0 Å². The highest BCUT2D eigenvalue weighted by molar-refractivity contribution is 5.78. The lowest BCUT2D eigenvalue weighted by atomic mass is 9.92. The summed E-state index contributed by atoms with van der Waals surface area (Å²) in [5.41, 5.74) is 0.693. The first-order valence-corrected chi connectivity index (χ1v) is 6.27. The largest absolute Gasteiger partial charge is 0.481 e. The van der Waals surface area contributed by atoms with Crippen LogP contribution >= 0.6 is 0 Å². The molecule has 0 aliphatic carbocycles. The van der Waals surface area contributed by atoms with Crippen molar-refractivity contribution >= 4 is 5.97 Å². The zero-order valence-corrected chi connectivity index (χ0v) is 11.2. The van der Waals surface area contributed by atoms with E-state index in [0.29, 0.717) is 11.1 Å². The fourth-order valence-electron chi connectivity index (χ4n) is 2.22. The molecule has 0 saturated carbocycles. The number of carboxylic acids is 1. The molecule has 0 aliphatic heterocycles. The van der Waals surface area contributed by atoms with Crippen LogP contribution in [-0.4, -0.2) is 11.1 Å². The number of carboxylic acid groups (broad SMARTS) is 1. The summed E-state index contributed by atoms with van der Waals surface area (Å²) in [4.78, 5) is 10.9.